The summed E-state index contributed by atoms with van der Waals surface area (Å²) in [5.74, 6) is 0.108. The second-order valence-corrected chi connectivity index (χ2v) is 5.77. The molecule has 0 unspecified atom stereocenters. The van der Waals surface area contributed by atoms with Crippen LogP contribution in [0.25, 0.3) is 0 Å². The van der Waals surface area contributed by atoms with Crippen LogP contribution in [0.4, 0.5) is 0 Å². The molecule has 1 amide bonds. The van der Waals surface area contributed by atoms with E-state index in [4.69, 9.17) is 0 Å². The van der Waals surface area contributed by atoms with Crippen molar-refractivity contribution in [2.75, 3.05) is 33.7 Å². The molecule has 4 heteroatoms. The highest BCUT2D eigenvalue weighted by atomic mass is 79.9. The summed E-state index contributed by atoms with van der Waals surface area (Å²) in [6, 6.07) is 5.82. The average molecular weight is 327 g/mol. The largest absolute Gasteiger partial charge is 0.339 e. The van der Waals surface area contributed by atoms with Gasteiger partial charge in [0.05, 0.1) is 5.56 Å². The van der Waals surface area contributed by atoms with E-state index in [0.29, 0.717) is 0 Å². The molecule has 0 fully saturated rings. The Morgan fingerprint density at radius 2 is 1.95 bits per heavy atom. The zero-order valence-electron chi connectivity index (χ0n) is 12.2. The van der Waals surface area contributed by atoms with Gasteiger partial charge in [-0.1, -0.05) is 12.1 Å². The summed E-state index contributed by atoms with van der Waals surface area (Å²) in [5, 5.41) is 0. The van der Waals surface area contributed by atoms with Crippen LogP contribution < -0.4 is 0 Å². The van der Waals surface area contributed by atoms with Gasteiger partial charge in [-0.25, -0.2) is 0 Å². The van der Waals surface area contributed by atoms with Crippen molar-refractivity contribution in [3.63, 3.8) is 0 Å². The van der Waals surface area contributed by atoms with E-state index in [1.807, 2.05) is 36.9 Å². The Morgan fingerprint density at radius 1 is 1.26 bits per heavy atom. The van der Waals surface area contributed by atoms with Gasteiger partial charge in [0.15, 0.2) is 0 Å². The maximum atomic E-state index is 12.5. The SMILES string of the molecule is CCN(CCCN(C)C)C(=O)c1cccc(C)c1Br. The van der Waals surface area contributed by atoms with Gasteiger partial charge in [0.1, 0.15) is 0 Å². The molecule has 0 saturated heterocycles. The van der Waals surface area contributed by atoms with Crippen molar-refractivity contribution in [3.05, 3.63) is 33.8 Å². The monoisotopic (exact) mass is 326 g/mol. The van der Waals surface area contributed by atoms with Crippen LogP contribution in [0.1, 0.15) is 29.3 Å². The van der Waals surface area contributed by atoms with Crippen LogP contribution in [0.3, 0.4) is 0 Å². The molecule has 19 heavy (non-hydrogen) atoms. The van der Waals surface area contributed by atoms with E-state index in [-0.39, 0.29) is 5.91 Å². The van der Waals surface area contributed by atoms with Crippen LogP contribution in [0.2, 0.25) is 0 Å². The normalized spacial score (nSPS) is 10.8. The van der Waals surface area contributed by atoms with Crippen molar-refractivity contribution < 1.29 is 4.79 Å². The lowest BCUT2D eigenvalue weighted by atomic mass is 10.1. The molecule has 1 aromatic carbocycles. The highest BCUT2D eigenvalue weighted by Gasteiger charge is 2.17. The van der Waals surface area contributed by atoms with Crippen molar-refractivity contribution in [2.45, 2.75) is 20.3 Å². The third-order valence-corrected chi connectivity index (χ3v) is 4.18. The Labute approximate surface area is 124 Å². The highest BCUT2D eigenvalue weighted by molar-refractivity contribution is 9.10. The van der Waals surface area contributed by atoms with E-state index < -0.39 is 0 Å². The molecule has 0 atom stereocenters. The molecular weight excluding hydrogens is 304 g/mol. The fraction of sp³-hybridized carbons (Fsp3) is 0.533. The number of rotatable bonds is 6. The predicted octanol–water partition coefficient (Wildman–Crippen LogP) is 3.17. The number of hydrogen-bond acceptors (Lipinski definition) is 2. The Kier molecular flexibility index (Phi) is 6.52. The number of hydrogen-bond donors (Lipinski definition) is 0. The molecule has 0 aliphatic heterocycles. The zero-order valence-corrected chi connectivity index (χ0v) is 13.8. The fourth-order valence-corrected chi connectivity index (χ4v) is 2.40. The molecule has 0 radical (unpaired) electrons. The lowest BCUT2D eigenvalue weighted by Crippen LogP contribution is -2.33. The van der Waals surface area contributed by atoms with Gasteiger partial charge < -0.3 is 9.80 Å². The van der Waals surface area contributed by atoms with Gasteiger partial charge in [-0.05, 0) is 68.5 Å². The number of benzene rings is 1. The predicted molar refractivity (Wildman–Crippen MR) is 83.6 cm³/mol. The molecule has 0 aliphatic rings. The van der Waals surface area contributed by atoms with E-state index in [1.54, 1.807) is 0 Å². The van der Waals surface area contributed by atoms with Gasteiger partial charge in [-0.3, -0.25) is 4.79 Å². The molecule has 0 bridgehead atoms. The molecule has 1 aromatic rings. The van der Waals surface area contributed by atoms with Crippen molar-refractivity contribution in [2.24, 2.45) is 0 Å². The summed E-state index contributed by atoms with van der Waals surface area (Å²) in [4.78, 5) is 16.6. The van der Waals surface area contributed by atoms with Crippen LogP contribution in [-0.2, 0) is 0 Å². The Morgan fingerprint density at radius 3 is 2.53 bits per heavy atom. The molecule has 0 aliphatic carbocycles. The van der Waals surface area contributed by atoms with Crippen molar-refractivity contribution in [1.29, 1.82) is 0 Å². The van der Waals surface area contributed by atoms with E-state index >= 15 is 0 Å². The van der Waals surface area contributed by atoms with Crippen molar-refractivity contribution in [1.82, 2.24) is 9.80 Å². The lowest BCUT2D eigenvalue weighted by Gasteiger charge is -2.22. The fourth-order valence-electron chi connectivity index (χ4n) is 1.96. The molecule has 0 aromatic heterocycles. The van der Waals surface area contributed by atoms with E-state index in [9.17, 15) is 4.79 Å². The molecule has 0 spiro atoms. The summed E-state index contributed by atoms with van der Waals surface area (Å²) in [7, 11) is 4.10. The van der Waals surface area contributed by atoms with Crippen LogP contribution in [-0.4, -0.2) is 49.4 Å². The summed E-state index contributed by atoms with van der Waals surface area (Å²) < 4.78 is 0.908. The molecular formula is C15H23BrN2O. The van der Waals surface area contributed by atoms with Crippen molar-refractivity contribution >= 4 is 21.8 Å². The number of carbonyl (C=O) groups is 1. The highest BCUT2D eigenvalue weighted by Crippen LogP contribution is 2.22. The summed E-state index contributed by atoms with van der Waals surface area (Å²) in [5.41, 5.74) is 1.85. The molecule has 0 N–H and O–H groups in total. The van der Waals surface area contributed by atoms with E-state index in [0.717, 1.165) is 41.7 Å². The minimum Gasteiger partial charge on any atom is -0.339 e. The Balaban J connectivity index is 2.75. The van der Waals surface area contributed by atoms with Crippen molar-refractivity contribution in [3.8, 4) is 0 Å². The first-order valence-electron chi connectivity index (χ1n) is 6.66. The Hall–Kier alpha value is -0.870. The van der Waals surface area contributed by atoms with Gasteiger partial charge in [-0.2, -0.15) is 0 Å². The molecule has 3 nitrogen and oxygen atoms in total. The number of halogens is 1. The topological polar surface area (TPSA) is 23.6 Å². The van der Waals surface area contributed by atoms with Gasteiger partial charge in [-0.15, -0.1) is 0 Å². The first kappa shape index (κ1) is 16.2. The molecule has 106 valence electrons. The van der Waals surface area contributed by atoms with Gasteiger partial charge in [0.2, 0.25) is 0 Å². The first-order valence-corrected chi connectivity index (χ1v) is 7.45. The smallest absolute Gasteiger partial charge is 0.254 e. The molecule has 0 heterocycles. The summed E-state index contributed by atoms with van der Waals surface area (Å²) in [6.07, 6.45) is 0.996. The first-order chi connectivity index (χ1) is 8.97. The number of amides is 1. The number of nitrogens with zero attached hydrogens (tertiary/aromatic N) is 2. The summed E-state index contributed by atoms with van der Waals surface area (Å²) >= 11 is 3.51. The van der Waals surface area contributed by atoms with Gasteiger partial charge in [0.25, 0.3) is 5.91 Å². The second-order valence-electron chi connectivity index (χ2n) is 4.98. The minimum atomic E-state index is 0.108. The van der Waals surface area contributed by atoms with Crippen LogP contribution in [0, 0.1) is 6.92 Å². The second kappa shape index (κ2) is 7.65. The van der Waals surface area contributed by atoms with Crippen LogP contribution in [0.5, 0.6) is 0 Å². The van der Waals surface area contributed by atoms with E-state index in [2.05, 4.69) is 34.9 Å². The molecule has 1 rings (SSSR count). The maximum Gasteiger partial charge on any atom is 0.254 e. The summed E-state index contributed by atoms with van der Waals surface area (Å²) in [6.45, 7) is 6.57. The standard InChI is InChI=1S/C15H23BrN2O/c1-5-18(11-7-10-17(3)4)15(19)13-9-6-8-12(2)14(13)16/h6,8-9H,5,7,10-11H2,1-4H3. The quantitative estimate of drug-likeness (QED) is 0.801. The zero-order chi connectivity index (χ0) is 14.4. The number of aryl methyl sites for hydroxylation is 1. The maximum absolute atomic E-state index is 12.5. The van der Waals surface area contributed by atoms with Gasteiger partial charge >= 0.3 is 0 Å². The Bertz CT molecular complexity index is 432. The van der Waals surface area contributed by atoms with Crippen LogP contribution in [0.15, 0.2) is 22.7 Å². The van der Waals surface area contributed by atoms with Gasteiger partial charge in [0, 0.05) is 17.6 Å². The average Bonchev–Trinajstić information content (AvgIpc) is 2.37. The van der Waals surface area contributed by atoms with Crippen LogP contribution >= 0.6 is 15.9 Å². The minimum absolute atomic E-state index is 0.108. The number of carbonyl (C=O) groups excluding carboxylic acids is 1. The lowest BCUT2D eigenvalue weighted by molar-refractivity contribution is 0.0758. The molecule has 0 saturated carbocycles. The van der Waals surface area contributed by atoms with E-state index in [1.165, 1.54) is 0 Å². The third kappa shape index (κ3) is 4.62. The third-order valence-electron chi connectivity index (χ3n) is 3.12.